The summed E-state index contributed by atoms with van der Waals surface area (Å²) in [5.41, 5.74) is 4.86. The van der Waals surface area contributed by atoms with Gasteiger partial charge in [0.2, 0.25) is 0 Å². The average molecular weight is 350 g/mol. The molecule has 0 fully saturated rings. The number of hydrogen-bond acceptors (Lipinski definition) is 5. The minimum absolute atomic E-state index is 0.147. The fraction of sp³-hybridized carbons (Fsp3) is 0.333. The molecule has 6 heteroatoms. The first kappa shape index (κ1) is 15.7. The van der Waals surface area contributed by atoms with Gasteiger partial charge in [0.05, 0.1) is 0 Å². The fourth-order valence-electron chi connectivity index (χ4n) is 2.19. The van der Waals surface area contributed by atoms with E-state index < -0.39 is 0 Å². The van der Waals surface area contributed by atoms with Crippen LogP contribution in [-0.4, -0.2) is 9.97 Å². The third-order valence-electron chi connectivity index (χ3n) is 3.31. The topological polar surface area (TPSA) is 75.9 Å². The molecule has 1 atom stereocenters. The van der Waals surface area contributed by atoms with E-state index in [-0.39, 0.29) is 6.04 Å². The first-order chi connectivity index (χ1) is 10.2. The smallest absolute Gasteiger partial charge is 0.148 e. The second-order valence-electron chi connectivity index (χ2n) is 4.86. The molecule has 0 radical (unpaired) electrons. The van der Waals surface area contributed by atoms with Crippen LogP contribution in [0.2, 0.25) is 0 Å². The lowest BCUT2D eigenvalue weighted by Crippen LogP contribution is -2.15. The second kappa shape index (κ2) is 7.38. The first-order valence-corrected chi connectivity index (χ1v) is 7.77. The van der Waals surface area contributed by atoms with Gasteiger partial charge in [0, 0.05) is 16.1 Å². The monoisotopic (exact) mass is 349 g/mol. The van der Waals surface area contributed by atoms with Crippen LogP contribution in [0.4, 0.5) is 11.6 Å². The van der Waals surface area contributed by atoms with E-state index in [1.54, 1.807) is 0 Å². The summed E-state index contributed by atoms with van der Waals surface area (Å²) in [5.74, 6) is 7.04. The highest BCUT2D eigenvalue weighted by Gasteiger charge is 2.13. The van der Waals surface area contributed by atoms with Crippen molar-refractivity contribution < 1.29 is 0 Å². The maximum absolute atomic E-state index is 5.54. The van der Waals surface area contributed by atoms with Crippen LogP contribution in [0.5, 0.6) is 0 Å². The molecule has 0 saturated carbocycles. The van der Waals surface area contributed by atoms with E-state index in [0.717, 1.165) is 28.7 Å². The largest absolute Gasteiger partial charge is 0.363 e. The van der Waals surface area contributed by atoms with Crippen LogP contribution in [-0.2, 0) is 6.42 Å². The van der Waals surface area contributed by atoms with Gasteiger partial charge in [-0.1, -0.05) is 41.4 Å². The van der Waals surface area contributed by atoms with Gasteiger partial charge in [-0.05, 0) is 31.0 Å². The minimum Gasteiger partial charge on any atom is -0.363 e. The van der Waals surface area contributed by atoms with Gasteiger partial charge in [-0.3, -0.25) is 0 Å². The summed E-state index contributed by atoms with van der Waals surface area (Å²) in [7, 11) is 0. The van der Waals surface area contributed by atoms with Gasteiger partial charge in [-0.2, -0.15) is 0 Å². The Hall–Kier alpha value is -1.66. The summed E-state index contributed by atoms with van der Waals surface area (Å²) in [6.07, 6.45) is 3.39. The Balaban J connectivity index is 2.24. The van der Waals surface area contributed by atoms with Crippen LogP contribution in [0.25, 0.3) is 0 Å². The summed E-state index contributed by atoms with van der Waals surface area (Å²) in [4.78, 5) is 8.54. The molecule has 0 aliphatic heterocycles. The average Bonchev–Trinajstić information content (AvgIpc) is 2.49. The van der Waals surface area contributed by atoms with Crippen molar-refractivity contribution in [2.45, 2.75) is 32.7 Å². The van der Waals surface area contributed by atoms with E-state index >= 15 is 0 Å². The highest BCUT2D eigenvalue weighted by atomic mass is 79.9. The number of benzene rings is 1. The van der Waals surface area contributed by atoms with Crippen LogP contribution in [0.1, 0.15) is 37.4 Å². The molecule has 1 aromatic heterocycles. The van der Waals surface area contributed by atoms with Crippen molar-refractivity contribution in [1.82, 2.24) is 9.97 Å². The fourth-order valence-corrected chi connectivity index (χ4v) is 2.45. The number of hydrazine groups is 1. The molecule has 21 heavy (non-hydrogen) atoms. The van der Waals surface area contributed by atoms with Crippen molar-refractivity contribution in [2.24, 2.45) is 5.84 Å². The van der Waals surface area contributed by atoms with Crippen LogP contribution < -0.4 is 16.6 Å². The lowest BCUT2D eigenvalue weighted by atomic mass is 10.1. The lowest BCUT2D eigenvalue weighted by molar-refractivity contribution is 0.846. The SMILES string of the molecule is CCCc1c(NN)ncnc1NC(C)c1ccc(Br)cc1. The molecule has 112 valence electrons. The molecule has 0 amide bonds. The molecule has 5 nitrogen and oxygen atoms in total. The van der Waals surface area contributed by atoms with E-state index in [2.05, 4.69) is 62.6 Å². The van der Waals surface area contributed by atoms with E-state index in [1.807, 2.05) is 12.1 Å². The number of anilines is 2. The van der Waals surface area contributed by atoms with Crippen molar-refractivity contribution in [3.63, 3.8) is 0 Å². The molecule has 0 bridgehead atoms. The van der Waals surface area contributed by atoms with Gasteiger partial charge >= 0.3 is 0 Å². The van der Waals surface area contributed by atoms with Gasteiger partial charge in [0.25, 0.3) is 0 Å². The Bertz CT molecular complexity index is 585. The zero-order valence-electron chi connectivity index (χ0n) is 12.2. The molecule has 2 rings (SSSR count). The molecular formula is C15H20BrN5. The molecular weight excluding hydrogens is 330 g/mol. The third-order valence-corrected chi connectivity index (χ3v) is 3.83. The lowest BCUT2D eigenvalue weighted by Gasteiger charge is -2.18. The molecule has 4 N–H and O–H groups in total. The quantitative estimate of drug-likeness (QED) is 0.548. The second-order valence-corrected chi connectivity index (χ2v) is 5.78. The first-order valence-electron chi connectivity index (χ1n) is 6.98. The predicted octanol–water partition coefficient (Wildman–Crippen LogP) is 3.65. The van der Waals surface area contributed by atoms with Crippen LogP contribution in [0.3, 0.4) is 0 Å². The summed E-state index contributed by atoms with van der Waals surface area (Å²) in [6, 6.07) is 8.39. The Kier molecular flexibility index (Phi) is 5.52. The highest BCUT2D eigenvalue weighted by Crippen LogP contribution is 2.25. The highest BCUT2D eigenvalue weighted by molar-refractivity contribution is 9.10. The molecule has 2 aromatic rings. The van der Waals surface area contributed by atoms with Crippen molar-refractivity contribution in [1.29, 1.82) is 0 Å². The normalized spacial score (nSPS) is 12.0. The molecule has 1 unspecified atom stereocenters. The number of rotatable bonds is 6. The Morgan fingerprint density at radius 2 is 1.86 bits per heavy atom. The molecule has 1 heterocycles. The van der Waals surface area contributed by atoms with Gasteiger partial charge in [-0.15, -0.1) is 0 Å². The number of hydrogen-bond donors (Lipinski definition) is 3. The van der Waals surface area contributed by atoms with Crippen molar-refractivity contribution in [3.05, 3.63) is 46.2 Å². The van der Waals surface area contributed by atoms with Gasteiger partial charge in [0.1, 0.15) is 18.0 Å². The Morgan fingerprint density at radius 3 is 2.48 bits per heavy atom. The predicted molar refractivity (Wildman–Crippen MR) is 90.0 cm³/mol. The number of nitrogens with zero attached hydrogens (tertiary/aromatic N) is 2. The molecule has 0 aliphatic rings. The van der Waals surface area contributed by atoms with Crippen LogP contribution >= 0.6 is 15.9 Å². The summed E-state index contributed by atoms with van der Waals surface area (Å²) in [6.45, 7) is 4.23. The van der Waals surface area contributed by atoms with Crippen LogP contribution in [0.15, 0.2) is 35.1 Å². The zero-order chi connectivity index (χ0) is 15.2. The number of nitrogens with two attached hydrogens (primary N) is 1. The van der Waals surface area contributed by atoms with Crippen molar-refractivity contribution in [2.75, 3.05) is 10.7 Å². The van der Waals surface area contributed by atoms with Gasteiger partial charge in [-0.25, -0.2) is 15.8 Å². The number of nitrogens with one attached hydrogen (secondary N) is 2. The molecule has 1 aromatic carbocycles. The molecule has 0 aliphatic carbocycles. The van der Waals surface area contributed by atoms with Gasteiger partial charge in [0.15, 0.2) is 0 Å². The minimum atomic E-state index is 0.147. The van der Waals surface area contributed by atoms with E-state index in [0.29, 0.717) is 5.82 Å². The van der Waals surface area contributed by atoms with E-state index in [1.165, 1.54) is 11.9 Å². The maximum Gasteiger partial charge on any atom is 0.148 e. The van der Waals surface area contributed by atoms with E-state index in [4.69, 9.17) is 5.84 Å². The third kappa shape index (κ3) is 3.92. The van der Waals surface area contributed by atoms with Crippen molar-refractivity contribution >= 4 is 27.6 Å². The summed E-state index contributed by atoms with van der Waals surface area (Å²) < 4.78 is 1.07. The van der Waals surface area contributed by atoms with Crippen LogP contribution in [0, 0.1) is 0 Å². The zero-order valence-corrected chi connectivity index (χ0v) is 13.8. The van der Waals surface area contributed by atoms with Crippen molar-refractivity contribution in [3.8, 4) is 0 Å². The van der Waals surface area contributed by atoms with E-state index in [9.17, 15) is 0 Å². The standard InChI is InChI=1S/C15H20BrN5/c1-3-4-13-14(18-9-19-15(13)21-17)20-10(2)11-5-7-12(16)8-6-11/h5-10H,3-4,17H2,1-2H3,(H2,18,19,20,21). The van der Waals surface area contributed by atoms with Gasteiger partial charge < -0.3 is 10.7 Å². The number of nitrogen functional groups attached to an aromatic ring is 1. The molecule has 0 saturated heterocycles. The maximum atomic E-state index is 5.54. The molecule has 0 spiro atoms. The summed E-state index contributed by atoms with van der Waals surface area (Å²) >= 11 is 3.45. The number of halogens is 1. The Morgan fingerprint density at radius 1 is 1.19 bits per heavy atom. The Labute approximate surface area is 133 Å². The number of aromatic nitrogens is 2. The summed E-state index contributed by atoms with van der Waals surface area (Å²) in [5, 5.41) is 3.44.